The van der Waals surface area contributed by atoms with Crippen molar-refractivity contribution in [3.63, 3.8) is 0 Å². The Morgan fingerprint density at radius 1 is 1.18 bits per heavy atom. The van der Waals surface area contributed by atoms with Crippen molar-refractivity contribution in [3.05, 3.63) is 22.8 Å². The Morgan fingerprint density at radius 3 is 2.54 bits per heavy atom. The number of likely N-dealkylation sites (tertiary alicyclic amines) is 1. The van der Waals surface area contributed by atoms with Gasteiger partial charge in [-0.25, -0.2) is 0 Å². The molecule has 0 radical (unpaired) electrons. The highest BCUT2D eigenvalue weighted by molar-refractivity contribution is 5.88. The SMILES string of the molecule is C[N@+]1(CC2CC2O)CC[C@]23c4c5c(O)cc(O)c4C[C@H]2C(=O)CC[C@@]3(O)[C@H]1C5. The van der Waals surface area contributed by atoms with E-state index in [0.717, 1.165) is 36.2 Å². The summed E-state index contributed by atoms with van der Waals surface area (Å²) in [4.78, 5) is 13.0. The first-order valence-electron chi connectivity index (χ1n) is 10.6. The molecule has 1 aliphatic heterocycles. The Bertz CT molecular complexity index is 930. The lowest BCUT2D eigenvalue weighted by atomic mass is 9.47. The van der Waals surface area contributed by atoms with E-state index in [2.05, 4.69) is 7.05 Å². The predicted octanol–water partition coefficient (Wildman–Crippen LogP) is 0.758. The number of rotatable bonds is 2. The largest absolute Gasteiger partial charge is 0.508 e. The minimum Gasteiger partial charge on any atom is -0.508 e. The maximum Gasteiger partial charge on any atom is 0.137 e. The second-order valence-corrected chi connectivity index (χ2v) is 10.3. The molecule has 7 atom stereocenters. The summed E-state index contributed by atoms with van der Waals surface area (Å²) < 4.78 is 0.677. The number of Topliss-reactive ketones (excluding diaryl/α,β-unsaturated/α-hetero) is 1. The summed E-state index contributed by atoms with van der Waals surface area (Å²) in [7, 11) is 2.17. The number of likely N-dealkylation sites (N-methyl/N-ethyl adjacent to an activating group) is 1. The van der Waals surface area contributed by atoms with Gasteiger partial charge in [0.25, 0.3) is 0 Å². The molecule has 6 nitrogen and oxygen atoms in total. The molecule has 150 valence electrons. The van der Waals surface area contributed by atoms with E-state index in [1.807, 2.05) is 0 Å². The molecule has 0 aromatic heterocycles. The minimum atomic E-state index is -1.02. The summed E-state index contributed by atoms with van der Waals surface area (Å²) >= 11 is 0. The molecule has 28 heavy (non-hydrogen) atoms. The summed E-state index contributed by atoms with van der Waals surface area (Å²) in [5, 5.41) is 43.4. The molecule has 4 aliphatic carbocycles. The number of carbonyl (C=O) groups excluding carboxylic acids is 1. The number of carbonyl (C=O) groups is 1. The van der Waals surface area contributed by atoms with Gasteiger partial charge in [0.2, 0.25) is 0 Å². The number of ketones is 1. The van der Waals surface area contributed by atoms with Gasteiger partial charge in [0.15, 0.2) is 0 Å². The summed E-state index contributed by atoms with van der Waals surface area (Å²) in [5.74, 6) is 0.285. The number of aliphatic hydroxyl groups is 2. The Hall–Kier alpha value is -1.63. The number of nitrogens with zero attached hydrogens (tertiary/aromatic N) is 1. The van der Waals surface area contributed by atoms with Crippen LogP contribution in [-0.2, 0) is 23.1 Å². The summed E-state index contributed by atoms with van der Waals surface area (Å²) in [6, 6.07) is 1.31. The molecule has 1 saturated heterocycles. The zero-order chi connectivity index (χ0) is 19.6. The number of quaternary nitrogens is 1. The van der Waals surface area contributed by atoms with Gasteiger partial charge in [0, 0.05) is 48.1 Å². The minimum absolute atomic E-state index is 0.0533. The zero-order valence-corrected chi connectivity index (χ0v) is 16.2. The lowest BCUT2D eigenvalue weighted by Gasteiger charge is -2.65. The first-order valence-corrected chi connectivity index (χ1v) is 10.6. The molecule has 1 aromatic carbocycles. The Morgan fingerprint density at radius 2 is 1.86 bits per heavy atom. The van der Waals surface area contributed by atoms with Crippen LogP contribution in [0.4, 0.5) is 0 Å². The van der Waals surface area contributed by atoms with Crippen molar-refractivity contribution in [2.24, 2.45) is 11.8 Å². The molecule has 2 unspecified atom stereocenters. The van der Waals surface area contributed by atoms with Crippen molar-refractivity contribution in [1.29, 1.82) is 0 Å². The van der Waals surface area contributed by atoms with Crippen molar-refractivity contribution >= 4 is 5.78 Å². The van der Waals surface area contributed by atoms with Crippen LogP contribution in [0.3, 0.4) is 0 Å². The van der Waals surface area contributed by atoms with Crippen molar-refractivity contribution in [3.8, 4) is 11.5 Å². The van der Waals surface area contributed by atoms with Crippen molar-refractivity contribution < 1.29 is 29.7 Å². The van der Waals surface area contributed by atoms with Crippen LogP contribution in [0.5, 0.6) is 11.5 Å². The van der Waals surface area contributed by atoms with Gasteiger partial charge in [-0.05, 0) is 30.4 Å². The van der Waals surface area contributed by atoms with E-state index in [1.165, 1.54) is 6.07 Å². The van der Waals surface area contributed by atoms with Gasteiger partial charge >= 0.3 is 0 Å². The fourth-order valence-corrected chi connectivity index (χ4v) is 7.71. The molecule has 4 N–H and O–H groups in total. The number of aliphatic hydroxyl groups excluding tert-OH is 1. The van der Waals surface area contributed by atoms with Gasteiger partial charge in [-0.15, -0.1) is 0 Å². The van der Waals surface area contributed by atoms with Crippen LogP contribution < -0.4 is 0 Å². The molecule has 1 aromatic rings. The first-order chi connectivity index (χ1) is 13.2. The van der Waals surface area contributed by atoms with Crippen LogP contribution >= 0.6 is 0 Å². The van der Waals surface area contributed by atoms with Crippen molar-refractivity contribution in [1.82, 2.24) is 0 Å². The molecular formula is C22H28NO5+. The van der Waals surface area contributed by atoms with Crippen LogP contribution in [0.1, 0.15) is 42.4 Å². The number of aromatic hydroxyl groups is 2. The monoisotopic (exact) mass is 386 g/mol. The highest BCUT2D eigenvalue weighted by Gasteiger charge is 2.75. The van der Waals surface area contributed by atoms with E-state index in [9.17, 15) is 25.2 Å². The van der Waals surface area contributed by atoms with Crippen LogP contribution in [-0.4, -0.2) is 68.6 Å². The maximum absolute atomic E-state index is 13.0. The highest BCUT2D eigenvalue weighted by Crippen LogP contribution is 2.67. The lowest BCUT2D eigenvalue weighted by molar-refractivity contribution is -0.950. The third kappa shape index (κ3) is 1.74. The zero-order valence-electron chi connectivity index (χ0n) is 16.2. The molecule has 6 heteroatoms. The summed E-state index contributed by atoms with van der Waals surface area (Å²) in [6.07, 6.45) is 3.11. The molecule has 3 fully saturated rings. The molecule has 6 rings (SSSR count). The normalized spacial score (nSPS) is 47.8. The number of hydrogen-bond donors (Lipinski definition) is 4. The van der Waals surface area contributed by atoms with Gasteiger partial charge in [-0.3, -0.25) is 4.79 Å². The molecule has 1 spiro atoms. The van der Waals surface area contributed by atoms with Crippen LogP contribution in [0, 0.1) is 11.8 Å². The van der Waals surface area contributed by atoms with Gasteiger partial charge < -0.3 is 24.9 Å². The van der Waals surface area contributed by atoms with E-state index >= 15 is 0 Å². The molecule has 5 aliphatic rings. The number of piperidine rings is 1. The molecule has 2 saturated carbocycles. The van der Waals surface area contributed by atoms with E-state index in [4.69, 9.17) is 0 Å². The number of benzene rings is 1. The molecule has 0 amide bonds. The molecule has 2 bridgehead atoms. The standard InChI is InChI=1S/C22H27NO5/c1-23(10-11-6-16(11)25)5-4-21-14-7-12-17(26)9-18(27)13(20(12)21)8-19(23)22(21,28)3-2-15(14)24/h9,11,14,16,19,25,28H,2-8,10H2,1H3,(H-,26,27)/p+1/t11?,14-,16?,19+,21+,22+,23+/m0/s1. The van der Waals surface area contributed by atoms with Gasteiger partial charge in [-0.1, -0.05) is 0 Å². The quantitative estimate of drug-likeness (QED) is 0.563. The molecule has 1 heterocycles. The average Bonchev–Trinajstić information content (AvgIpc) is 3.18. The Balaban J connectivity index is 1.59. The van der Waals surface area contributed by atoms with Gasteiger partial charge in [-0.2, -0.15) is 0 Å². The number of hydrogen-bond acceptors (Lipinski definition) is 5. The van der Waals surface area contributed by atoms with E-state index in [1.54, 1.807) is 0 Å². The third-order valence-electron chi connectivity index (χ3n) is 9.11. The van der Waals surface area contributed by atoms with Crippen molar-refractivity contribution in [2.45, 2.75) is 61.7 Å². The summed E-state index contributed by atoms with van der Waals surface area (Å²) in [6.45, 7) is 1.67. The topological polar surface area (TPSA) is 98.0 Å². The second-order valence-electron chi connectivity index (χ2n) is 10.3. The van der Waals surface area contributed by atoms with Crippen LogP contribution in [0.25, 0.3) is 0 Å². The first kappa shape index (κ1) is 17.2. The van der Waals surface area contributed by atoms with E-state index in [0.29, 0.717) is 36.6 Å². The smallest absolute Gasteiger partial charge is 0.137 e. The summed E-state index contributed by atoms with van der Waals surface area (Å²) in [5.41, 5.74) is 0.751. The van der Waals surface area contributed by atoms with E-state index < -0.39 is 11.0 Å². The van der Waals surface area contributed by atoms with Crippen molar-refractivity contribution in [2.75, 3.05) is 20.1 Å². The fraction of sp³-hybridized carbons (Fsp3) is 0.682. The van der Waals surface area contributed by atoms with E-state index in [-0.39, 0.29) is 41.3 Å². The predicted molar refractivity (Wildman–Crippen MR) is 100.0 cm³/mol. The molecular weight excluding hydrogens is 358 g/mol. The lowest BCUT2D eigenvalue weighted by Crippen LogP contribution is -2.79. The maximum atomic E-state index is 13.0. The van der Waals surface area contributed by atoms with Gasteiger partial charge in [0.1, 0.15) is 28.9 Å². The second kappa shape index (κ2) is 4.91. The number of phenolic OH excluding ortho intramolecular Hbond substituents is 2. The Labute approximate surface area is 164 Å². The fourth-order valence-electron chi connectivity index (χ4n) is 7.71. The average molecular weight is 386 g/mol. The van der Waals surface area contributed by atoms with Gasteiger partial charge in [0.05, 0.1) is 26.2 Å². The number of phenols is 2. The van der Waals surface area contributed by atoms with Crippen LogP contribution in [0.15, 0.2) is 6.07 Å². The van der Waals surface area contributed by atoms with Crippen LogP contribution in [0.2, 0.25) is 0 Å². The highest BCUT2D eigenvalue weighted by atomic mass is 16.3. The Kier molecular flexibility index (Phi) is 3.03. The third-order valence-corrected chi connectivity index (χ3v) is 9.11.